The van der Waals surface area contributed by atoms with Crippen LogP contribution in [-0.2, 0) is 16.1 Å². The Labute approximate surface area is 200 Å². The number of aliphatic hydroxyl groups is 1. The lowest BCUT2D eigenvalue weighted by Crippen LogP contribution is -2.31. The number of imidazole rings is 2. The van der Waals surface area contributed by atoms with Crippen LogP contribution in [0.25, 0.3) is 11.4 Å². The van der Waals surface area contributed by atoms with Crippen molar-refractivity contribution in [3.8, 4) is 0 Å². The van der Waals surface area contributed by atoms with E-state index in [1.807, 2.05) is 29.0 Å². The minimum atomic E-state index is -0.742. The Hall–Kier alpha value is -3.91. The zero-order chi connectivity index (χ0) is 23.8. The average molecular weight is 476 g/mol. The fourth-order valence-corrected chi connectivity index (χ4v) is 4.60. The number of carbonyl (C=O) groups excluding carboxylic acids is 2. The summed E-state index contributed by atoms with van der Waals surface area (Å²) in [5.74, 6) is -1.60. The Balaban J connectivity index is 1.60. The molecule has 1 saturated heterocycles. The van der Waals surface area contributed by atoms with E-state index in [0.29, 0.717) is 47.1 Å². The first-order chi connectivity index (χ1) is 16.5. The van der Waals surface area contributed by atoms with Gasteiger partial charge in [0.05, 0.1) is 23.6 Å². The van der Waals surface area contributed by atoms with Crippen molar-refractivity contribution in [2.75, 3.05) is 6.54 Å². The van der Waals surface area contributed by atoms with Gasteiger partial charge in [-0.25, -0.2) is 9.97 Å². The van der Waals surface area contributed by atoms with Crippen molar-refractivity contribution in [1.82, 2.24) is 23.8 Å². The quantitative estimate of drug-likeness (QED) is 0.258. The maximum Gasteiger partial charge on any atom is 0.295 e. The van der Waals surface area contributed by atoms with Crippen LogP contribution in [-0.4, -0.2) is 47.2 Å². The molecule has 0 bridgehead atoms. The van der Waals surface area contributed by atoms with Crippen LogP contribution in [0.15, 0.2) is 73.0 Å². The van der Waals surface area contributed by atoms with Crippen molar-refractivity contribution in [2.45, 2.75) is 25.9 Å². The largest absolute Gasteiger partial charge is 0.505 e. The average Bonchev–Trinajstić information content (AvgIpc) is 3.52. The third-order valence-electron chi connectivity index (χ3n) is 6.03. The van der Waals surface area contributed by atoms with E-state index in [0.717, 1.165) is 0 Å². The number of hydrogen-bond donors (Lipinski definition) is 1. The molecule has 1 aliphatic rings. The van der Waals surface area contributed by atoms with Crippen molar-refractivity contribution < 1.29 is 14.7 Å². The third kappa shape index (κ3) is 3.76. The van der Waals surface area contributed by atoms with Gasteiger partial charge >= 0.3 is 0 Å². The van der Waals surface area contributed by atoms with Gasteiger partial charge in [0, 0.05) is 36.7 Å². The van der Waals surface area contributed by atoms with Crippen LogP contribution in [0.3, 0.4) is 0 Å². The second-order valence-electron chi connectivity index (χ2n) is 8.17. The summed E-state index contributed by atoms with van der Waals surface area (Å²) in [6.07, 6.45) is 7.62. The Morgan fingerprint density at radius 1 is 1.09 bits per heavy atom. The zero-order valence-electron chi connectivity index (χ0n) is 18.4. The first-order valence-corrected chi connectivity index (χ1v) is 11.3. The molecular weight excluding hydrogens is 454 g/mol. The van der Waals surface area contributed by atoms with Crippen LogP contribution in [0.1, 0.15) is 29.4 Å². The van der Waals surface area contributed by atoms with Crippen molar-refractivity contribution in [3.05, 3.63) is 94.9 Å². The predicted octanol–water partition coefficient (Wildman–Crippen LogP) is 4.00. The van der Waals surface area contributed by atoms with Gasteiger partial charge in [0.15, 0.2) is 5.76 Å². The summed E-state index contributed by atoms with van der Waals surface area (Å²) in [4.78, 5) is 36.5. The molecule has 4 heterocycles. The highest BCUT2D eigenvalue weighted by atomic mass is 35.5. The van der Waals surface area contributed by atoms with Gasteiger partial charge in [-0.05, 0) is 43.2 Å². The number of halogens is 1. The number of aliphatic hydroxyl groups excluding tert-OH is 1. The maximum absolute atomic E-state index is 13.3. The van der Waals surface area contributed by atoms with Gasteiger partial charge in [-0.15, -0.1) is 0 Å². The number of likely N-dealkylation sites (tertiary alicyclic amines) is 1. The summed E-state index contributed by atoms with van der Waals surface area (Å²) in [7, 11) is 0. The van der Waals surface area contributed by atoms with E-state index >= 15 is 0 Å². The Morgan fingerprint density at radius 2 is 1.88 bits per heavy atom. The molecule has 172 valence electrons. The van der Waals surface area contributed by atoms with Gasteiger partial charge in [-0.2, -0.15) is 0 Å². The second-order valence-corrected chi connectivity index (χ2v) is 8.61. The van der Waals surface area contributed by atoms with Crippen molar-refractivity contribution >= 4 is 34.7 Å². The normalized spacial score (nSPS) is 17.7. The number of benzene rings is 1. The fraction of sp³-hybridized carbons (Fsp3) is 0.200. The molecule has 0 radical (unpaired) electrons. The van der Waals surface area contributed by atoms with Gasteiger partial charge in [-0.3, -0.25) is 14.0 Å². The molecule has 1 N–H and O–H groups in total. The van der Waals surface area contributed by atoms with E-state index in [-0.39, 0.29) is 11.3 Å². The number of pyridine rings is 1. The highest BCUT2D eigenvalue weighted by Crippen LogP contribution is 2.40. The van der Waals surface area contributed by atoms with Crippen molar-refractivity contribution in [3.63, 3.8) is 0 Å². The SMILES string of the molecule is Cc1nc2ccccn2c1/C(O)=C1\C(=O)C(=O)N(CCCn2ccnc2)[C@H]1c1ccc(Cl)cc1. The van der Waals surface area contributed by atoms with Crippen LogP contribution in [0, 0.1) is 6.92 Å². The summed E-state index contributed by atoms with van der Waals surface area (Å²) in [6.45, 7) is 2.74. The molecule has 1 atom stereocenters. The number of hydrogen-bond acceptors (Lipinski definition) is 5. The zero-order valence-corrected chi connectivity index (χ0v) is 19.2. The number of amides is 1. The summed E-state index contributed by atoms with van der Waals surface area (Å²) in [5.41, 5.74) is 2.33. The second kappa shape index (κ2) is 8.79. The number of carbonyl (C=O) groups is 2. The Kier molecular flexibility index (Phi) is 5.67. The molecule has 1 aromatic carbocycles. The van der Waals surface area contributed by atoms with Crippen LogP contribution >= 0.6 is 11.6 Å². The van der Waals surface area contributed by atoms with E-state index in [2.05, 4.69) is 9.97 Å². The third-order valence-corrected chi connectivity index (χ3v) is 6.28. The number of ketones is 1. The number of aromatic nitrogens is 4. The number of nitrogens with zero attached hydrogens (tertiary/aromatic N) is 5. The van der Waals surface area contributed by atoms with Crippen LogP contribution in [0.2, 0.25) is 5.02 Å². The standard InChI is InChI=1S/C25H22ClN5O3/c1-16-21(30-12-3-2-5-19(30)28-16)23(32)20-22(17-6-8-18(26)9-7-17)31(25(34)24(20)33)13-4-11-29-14-10-27-15-29/h2-3,5-10,12,14-15,22,32H,4,11,13H2,1H3/b23-20+/t22-/m0/s1. The first-order valence-electron chi connectivity index (χ1n) is 10.9. The number of Topliss-reactive ketones (excluding diaryl/α,β-unsaturated/α-hetero) is 1. The molecule has 0 saturated carbocycles. The highest BCUT2D eigenvalue weighted by molar-refractivity contribution is 6.46. The molecule has 5 rings (SSSR count). The minimum Gasteiger partial charge on any atom is -0.505 e. The maximum atomic E-state index is 13.3. The summed E-state index contributed by atoms with van der Waals surface area (Å²) >= 11 is 6.09. The number of rotatable bonds is 6. The molecule has 9 heteroatoms. The molecule has 4 aromatic rings. The molecular formula is C25H22ClN5O3. The van der Waals surface area contributed by atoms with Crippen LogP contribution in [0.5, 0.6) is 0 Å². The smallest absolute Gasteiger partial charge is 0.295 e. The Bertz CT molecular complexity index is 1410. The molecule has 1 aliphatic heterocycles. The van der Waals surface area contributed by atoms with Gasteiger partial charge < -0.3 is 14.6 Å². The van der Waals surface area contributed by atoms with E-state index in [9.17, 15) is 14.7 Å². The van der Waals surface area contributed by atoms with E-state index in [1.54, 1.807) is 54.3 Å². The molecule has 0 spiro atoms. The monoisotopic (exact) mass is 475 g/mol. The van der Waals surface area contributed by atoms with Gasteiger partial charge in [0.1, 0.15) is 11.3 Å². The summed E-state index contributed by atoms with van der Waals surface area (Å²) < 4.78 is 3.63. The van der Waals surface area contributed by atoms with E-state index in [4.69, 9.17) is 11.6 Å². The predicted molar refractivity (Wildman–Crippen MR) is 127 cm³/mol. The van der Waals surface area contributed by atoms with E-state index < -0.39 is 17.7 Å². The fourth-order valence-electron chi connectivity index (χ4n) is 4.47. The summed E-state index contributed by atoms with van der Waals surface area (Å²) in [6, 6.07) is 11.7. The lowest BCUT2D eigenvalue weighted by Gasteiger charge is -2.25. The lowest BCUT2D eigenvalue weighted by molar-refractivity contribution is -0.139. The summed E-state index contributed by atoms with van der Waals surface area (Å²) in [5, 5.41) is 12.0. The Morgan fingerprint density at radius 3 is 2.62 bits per heavy atom. The number of fused-ring (bicyclic) bond motifs is 1. The van der Waals surface area contributed by atoms with Crippen LogP contribution in [0.4, 0.5) is 0 Å². The van der Waals surface area contributed by atoms with Crippen LogP contribution < -0.4 is 0 Å². The molecule has 1 amide bonds. The first kappa shape index (κ1) is 21.9. The van der Waals surface area contributed by atoms with Gasteiger partial charge in [0.2, 0.25) is 0 Å². The molecule has 1 fully saturated rings. The highest BCUT2D eigenvalue weighted by Gasteiger charge is 2.46. The number of aryl methyl sites for hydroxylation is 2. The molecule has 8 nitrogen and oxygen atoms in total. The lowest BCUT2D eigenvalue weighted by atomic mass is 9.96. The molecule has 0 unspecified atom stereocenters. The van der Waals surface area contributed by atoms with Gasteiger partial charge in [0.25, 0.3) is 11.7 Å². The van der Waals surface area contributed by atoms with Crippen molar-refractivity contribution in [1.29, 1.82) is 0 Å². The minimum absolute atomic E-state index is 0.0451. The topological polar surface area (TPSA) is 92.7 Å². The molecule has 3 aromatic heterocycles. The van der Waals surface area contributed by atoms with Crippen molar-refractivity contribution in [2.24, 2.45) is 0 Å². The van der Waals surface area contributed by atoms with E-state index in [1.165, 1.54) is 4.90 Å². The molecule has 0 aliphatic carbocycles. The molecule has 34 heavy (non-hydrogen) atoms. The van der Waals surface area contributed by atoms with Gasteiger partial charge in [-0.1, -0.05) is 29.8 Å².